The van der Waals surface area contributed by atoms with Crippen LogP contribution in [0.15, 0.2) is 47.5 Å². The standard InChI is InChI=1S/C36H48N6O9/c1-20(33(47)40-23-14-15-27-22(18-23)19-42-32(41-27)24-10-5-6-11-25(24)35(42)49)39-34(48)26(37)12-7-8-16-38-28(43)13-4-3-9-17-50-36-31(46)30(45)29(44)21(2)51-36/h5-6,10-11,14-15,18,20-21,26,29-31,36,44-46H,3-4,7-9,12-13,16-17,19,37H2,1-2H3,(H,38,43)(H,39,48)(H,40,47)/t20-,21+,26+,29-,30-,31+,36+/m1/s1. The van der Waals surface area contributed by atoms with Crippen molar-refractivity contribution in [2.75, 3.05) is 18.5 Å². The number of anilines is 1. The zero-order valence-corrected chi connectivity index (χ0v) is 28.9. The van der Waals surface area contributed by atoms with E-state index in [9.17, 15) is 34.5 Å². The average molecular weight is 709 g/mol. The lowest BCUT2D eigenvalue weighted by Gasteiger charge is -2.38. The molecular formula is C36H48N6O9. The second-order valence-electron chi connectivity index (χ2n) is 13.3. The van der Waals surface area contributed by atoms with Gasteiger partial charge in [-0.05, 0) is 75.8 Å². The predicted octanol–water partition coefficient (Wildman–Crippen LogP) is 1.20. The molecule has 4 amide bonds. The number of fused-ring (bicyclic) bond motifs is 4. The molecule has 0 aliphatic carbocycles. The summed E-state index contributed by atoms with van der Waals surface area (Å²) in [6, 6.07) is 11.0. The van der Waals surface area contributed by atoms with Gasteiger partial charge in [-0.25, -0.2) is 4.99 Å². The Hall–Kier alpha value is -4.25. The minimum Gasteiger partial charge on any atom is -0.388 e. The molecule has 276 valence electrons. The number of aliphatic hydroxyl groups is 3. The first-order chi connectivity index (χ1) is 24.4. The molecule has 51 heavy (non-hydrogen) atoms. The Balaban J connectivity index is 0.925. The number of hydrogen-bond donors (Lipinski definition) is 7. The van der Waals surface area contributed by atoms with Crippen molar-refractivity contribution < 1.29 is 44.0 Å². The number of carbonyl (C=O) groups is 4. The summed E-state index contributed by atoms with van der Waals surface area (Å²) in [7, 11) is 0. The summed E-state index contributed by atoms with van der Waals surface area (Å²) in [5, 5.41) is 37.9. The van der Waals surface area contributed by atoms with E-state index in [2.05, 4.69) is 16.0 Å². The van der Waals surface area contributed by atoms with Gasteiger partial charge >= 0.3 is 0 Å². The van der Waals surface area contributed by atoms with E-state index in [1.165, 1.54) is 0 Å². The molecule has 3 heterocycles. The maximum absolute atomic E-state index is 12.9. The maximum atomic E-state index is 12.9. The summed E-state index contributed by atoms with van der Waals surface area (Å²) in [6.45, 7) is 4.22. The topological polar surface area (TPSA) is 225 Å². The van der Waals surface area contributed by atoms with Gasteiger partial charge in [0.2, 0.25) is 17.7 Å². The number of benzene rings is 2. The van der Waals surface area contributed by atoms with E-state index in [0.29, 0.717) is 68.7 Å². The first-order valence-corrected chi connectivity index (χ1v) is 17.5. The Morgan fingerprint density at radius 3 is 2.55 bits per heavy atom. The van der Waals surface area contributed by atoms with Crippen LogP contribution in [-0.4, -0.2) is 106 Å². The van der Waals surface area contributed by atoms with Crippen LogP contribution < -0.4 is 21.7 Å². The molecule has 2 aromatic carbocycles. The average Bonchev–Trinajstić information content (AvgIpc) is 3.39. The number of nitrogens with zero attached hydrogens (tertiary/aromatic N) is 2. The Kier molecular flexibility index (Phi) is 12.9. The zero-order chi connectivity index (χ0) is 36.7. The lowest BCUT2D eigenvalue weighted by molar-refractivity contribution is -0.293. The first-order valence-electron chi connectivity index (χ1n) is 17.5. The molecule has 5 rings (SSSR count). The van der Waals surface area contributed by atoms with Gasteiger partial charge in [-0.15, -0.1) is 0 Å². The Morgan fingerprint density at radius 2 is 1.76 bits per heavy atom. The van der Waals surface area contributed by atoms with Crippen LogP contribution in [0.25, 0.3) is 0 Å². The Morgan fingerprint density at radius 1 is 1.00 bits per heavy atom. The second kappa shape index (κ2) is 17.3. The van der Waals surface area contributed by atoms with E-state index < -0.39 is 54.6 Å². The van der Waals surface area contributed by atoms with E-state index in [1.807, 2.05) is 18.2 Å². The summed E-state index contributed by atoms with van der Waals surface area (Å²) in [4.78, 5) is 56.9. The summed E-state index contributed by atoms with van der Waals surface area (Å²) < 4.78 is 10.9. The highest BCUT2D eigenvalue weighted by molar-refractivity contribution is 6.24. The van der Waals surface area contributed by atoms with Crippen LogP contribution >= 0.6 is 0 Å². The largest absolute Gasteiger partial charge is 0.388 e. The number of unbranched alkanes of at least 4 members (excludes halogenated alkanes) is 3. The fourth-order valence-corrected chi connectivity index (χ4v) is 6.19. The van der Waals surface area contributed by atoms with Gasteiger partial charge in [0, 0.05) is 30.8 Å². The van der Waals surface area contributed by atoms with Gasteiger partial charge in [0.25, 0.3) is 5.91 Å². The van der Waals surface area contributed by atoms with Crippen LogP contribution in [0.5, 0.6) is 0 Å². The number of nitrogens with one attached hydrogen (secondary N) is 3. The highest BCUT2D eigenvalue weighted by atomic mass is 16.7. The molecule has 8 N–H and O–H groups in total. The predicted molar refractivity (Wildman–Crippen MR) is 187 cm³/mol. The molecule has 0 radical (unpaired) electrons. The van der Waals surface area contributed by atoms with Gasteiger partial charge in [-0.1, -0.05) is 24.6 Å². The van der Waals surface area contributed by atoms with Crippen LogP contribution in [-0.2, 0) is 30.4 Å². The van der Waals surface area contributed by atoms with Crippen molar-refractivity contribution >= 4 is 40.8 Å². The van der Waals surface area contributed by atoms with Gasteiger partial charge in [-0.3, -0.25) is 24.1 Å². The molecule has 0 aromatic heterocycles. The zero-order valence-electron chi connectivity index (χ0n) is 28.9. The number of ether oxygens (including phenoxy) is 2. The fraction of sp³-hybridized carbons (Fsp3) is 0.528. The molecule has 0 saturated carbocycles. The third-order valence-corrected chi connectivity index (χ3v) is 9.29. The number of carbonyl (C=O) groups excluding carboxylic acids is 4. The first kappa shape index (κ1) is 38.0. The molecule has 1 saturated heterocycles. The molecule has 15 nitrogen and oxygen atoms in total. The fourth-order valence-electron chi connectivity index (χ4n) is 6.19. The number of aliphatic hydroxyl groups excluding tert-OH is 3. The molecule has 0 bridgehead atoms. The molecule has 15 heteroatoms. The lowest BCUT2D eigenvalue weighted by atomic mass is 10.0. The minimum absolute atomic E-state index is 0.0822. The number of rotatable bonds is 16. The van der Waals surface area contributed by atoms with Crippen molar-refractivity contribution in [2.45, 2.75) is 108 Å². The van der Waals surface area contributed by atoms with Crippen molar-refractivity contribution in [3.05, 3.63) is 59.2 Å². The van der Waals surface area contributed by atoms with Crippen LogP contribution in [0.3, 0.4) is 0 Å². The monoisotopic (exact) mass is 708 g/mol. The molecule has 3 aliphatic heterocycles. The van der Waals surface area contributed by atoms with Crippen molar-refractivity contribution in [1.29, 1.82) is 0 Å². The van der Waals surface area contributed by atoms with E-state index >= 15 is 0 Å². The van der Waals surface area contributed by atoms with Crippen LogP contribution in [0, 0.1) is 0 Å². The Labute approximate surface area is 296 Å². The molecule has 0 unspecified atom stereocenters. The van der Waals surface area contributed by atoms with Gasteiger partial charge in [0.05, 0.1) is 29.9 Å². The SMILES string of the molecule is C[C@@H]1O[C@H](OCCCCCC(=O)NCCCC[C@H](N)C(=O)N[C@H](C)C(=O)Nc2ccc3c(c2)CN2C(=O)c4ccccc4C2=N3)[C@@H](O)[C@H](O)[C@@H]1O. The Bertz CT molecular complexity index is 1620. The van der Waals surface area contributed by atoms with Gasteiger partial charge in [0.1, 0.15) is 30.2 Å². The number of amides is 4. The number of nitrogens with two attached hydrogens (primary N) is 1. The summed E-state index contributed by atoms with van der Waals surface area (Å²) in [5.74, 6) is -0.427. The molecule has 2 aromatic rings. The van der Waals surface area contributed by atoms with Crippen molar-refractivity contribution in [2.24, 2.45) is 10.7 Å². The van der Waals surface area contributed by atoms with Crippen LogP contribution in [0.2, 0.25) is 0 Å². The summed E-state index contributed by atoms with van der Waals surface area (Å²) >= 11 is 0. The minimum atomic E-state index is -1.34. The van der Waals surface area contributed by atoms with Crippen LogP contribution in [0.1, 0.15) is 80.3 Å². The second-order valence-corrected chi connectivity index (χ2v) is 13.3. The highest BCUT2D eigenvalue weighted by Crippen LogP contribution is 2.35. The van der Waals surface area contributed by atoms with E-state index in [1.54, 1.807) is 43.0 Å². The molecular weight excluding hydrogens is 660 g/mol. The summed E-state index contributed by atoms with van der Waals surface area (Å²) in [6.07, 6.45) is -1.54. The normalized spacial score (nSPS) is 23.3. The third-order valence-electron chi connectivity index (χ3n) is 9.29. The molecule has 0 spiro atoms. The smallest absolute Gasteiger partial charge is 0.260 e. The summed E-state index contributed by atoms with van der Waals surface area (Å²) in [5.41, 5.74) is 9.53. The van der Waals surface area contributed by atoms with Crippen molar-refractivity contribution in [3.63, 3.8) is 0 Å². The van der Waals surface area contributed by atoms with E-state index in [0.717, 1.165) is 23.2 Å². The number of hydrogen-bond acceptors (Lipinski definition) is 11. The van der Waals surface area contributed by atoms with Crippen molar-refractivity contribution in [3.8, 4) is 0 Å². The highest BCUT2D eigenvalue weighted by Gasteiger charge is 2.42. The van der Waals surface area contributed by atoms with Gasteiger partial charge in [0.15, 0.2) is 6.29 Å². The van der Waals surface area contributed by atoms with E-state index in [-0.39, 0.29) is 18.4 Å². The van der Waals surface area contributed by atoms with Crippen LogP contribution in [0.4, 0.5) is 11.4 Å². The number of amidine groups is 1. The van der Waals surface area contributed by atoms with Gasteiger partial charge < -0.3 is 46.5 Å². The third kappa shape index (κ3) is 9.36. The van der Waals surface area contributed by atoms with Crippen molar-refractivity contribution in [1.82, 2.24) is 15.5 Å². The lowest BCUT2D eigenvalue weighted by Crippen LogP contribution is -2.57. The van der Waals surface area contributed by atoms with E-state index in [4.69, 9.17) is 20.2 Å². The molecule has 3 aliphatic rings. The maximum Gasteiger partial charge on any atom is 0.260 e. The molecule has 1 fully saturated rings. The quantitative estimate of drug-likeness (QED) is 0.123. The van der Waals surface area contributed by atoms with Gasteiger partial charge in [-0.2, -0.15) is 0 Å². The molecule has 7 atom stereocenters. The number of aliphatic imine (C=N–C) groups is 1.